The van der Waals surface area contributed by atoms with Gasteiger partial charge in [-0.15, -0.1) is 0 Å². The molecule has 1 saturated heterocycles. The molecule has 10 heteroatoms. The summed E-state index contributed by atoms with van der Waals surface area (Å²) in [6, 6.07) is 1.92. The second-order valence-corrected chi connectivity index (χ2v) is 5.23. The summed E-state index contributed by atoms with van der Waals surface area (Å²) in [6.07, 6.45) is -13.8. The average molecular weight is 360 g/mol. The van der Waals surface area contributed by atoms with Gasteiger partial charge in [-0.25, -0.2) is 0 Å². The molecular formula is C14H15F7N2O. The van der Waals surface area contributed by atoms with Crippen molar-refractivity contribution >= 4 is 0 Å². The van der Waals surface area contributed by atoms with Crippen LogP contribution in [-0.4, -0.2) is 49.8 Å². The van der Waals surface area contributed by atoms with Gasteiger partial charge in [0.1, 0.15) is 11.8 Å². The first-order valence-electron chi connectivity index (χ1n) is 7.08. The number of piperazine rings is 1. The Morgan fingerprint density at radius 1 is 1.00 bits per heavy atom. The fourth-order valence-electron chi connectivity index (χ4n) is 2.51. The Bertz CT molecular complexity index is 544. The molecule has 0 spiro atoms. The number of para-hydroxylation sites is 1. The van der Waals surface area contributed by atoms with Crippen molar-refractivity contribution in [2.24, 2.45) is 0 Å². The molecule has 0 unspecified atom stereocenters. The summed E-state index contributed by atoms with van der Waals surface area (Å²) in [4.78, 5) is 1.05. The van der Waals surface area contributed by atoms with Crippen molar-refractivity contribution in [3.05, 3.63) is 29.8 Å². The predicted octanol–water partition coefficient (Wildman–Crippen LogP) is 3.43. The van der Waals surface area contributed by atoms with Crippen molar-refractivity contribution in [2.75, 3.05) is 26.2 Å². The van der Waals surface area contributed by atoms with Gasteiger partial charge in [-0.05, 0) is 6.07 Å². The Labute approximate surface area is 133 Å². The largest absolute Gasteiger partial charge is 0.461 e. The lowest BCUT2D eigenvalue weighted by Gasteiger charge is -2.37. The van der Waals surface area contributed by atoms with Gasteiger partial charge >= 0.3 is 18.7 Å². The fourth-order valence-corrected chi connectivity index (χ4v) is 2.51. The van der Waals surface area contributed by atoms with Crippen molar-refractivity contribution in [3.63, 3.8) is 0 Å². The van der Waals surface area contributed by atoms with E-state index in [9.17, 15) is 30.7 Å². The number of alkyl halides is 7. The summed E-state index contributed by atoms with van der Waals surface area (Å²) in [5, 5.41) is 2.88. The number of hydrogen-bond donors (Lipinski definition) is 1. The SMILES string of the molecule is FC(F)C(F)(F)Oc1ccccc1[C@H](N1CCNCC1)C(F)(F)F. The van der Waals surface area contributed by atoms with Crippen molar-refractivity contribution in [1.29, 1.82) is 0 Å². The molecule has 0 saturated carbocycles. The molecule has 0 aromatic heterocycles. The number of rotatable bonds is 5. The molecule has 1 aliphatic rings. The number of ether oxygens (including phenoxy) is 1. The lowest BCUT2D eigenvalue weighted by atomic mass is 10.0. The summed E-state index contributed by atoms with van der Waals surface area (Å²) in [6.45, 7) is 0.652. The molecule has 1 aromatic rings. The van der Waals surface area contributed by atoms with Gasteiger partial charge in [0.15, 0.2) is 0 Å². The molecule has 0 bridgehead atoms. The highest BCUT2D eigenvalue weighted by atomic mass is 19.4. The van der Waals surface area contributed by atoms with E-state index in [0.29, 0.717) is 13.1 Å². The quantitative estimate of drug-likeness (QED) is 0.815. The van der Waals surface area contributed by atoms with E-state index in [4.69, 9.17) is 0 Å². The van der Waals surface area contributed by atoms with Gasteiger partial charge in [-0.3, -0.25) is 4.90 Å². The van der Waals surface area contributed by atoms with Gasteiger partial charge in [0.25, 0.3) is 0 Å². The minimum Gasteiger partial charge on any atom is -0.428 e. The maximum atomic E-state index is 13.5. The van der Waals surface area contributed by atoms with Crippen LogP contribution in [0.4, 0.5) is 30.7 Å². The number of nitrogens with one attached hydrogen (secondary N) is 1. The molecule has 1 aliphatic heterocycles. The normalized spacial score (nSPS) is 18.7. The highest BCUT2D eigenvalue weighted by Gasteiger charge is 2.49. The Morgan fingerprint density at radius 3 is 2.12 bits per heavy atom. The van der Waals surface area contributed by atoms with E-state index >= 15 is 0 Å². The second-order valence-electron chi connectivity index (χ2n) is 5.23. The Kier molecular flexibility index (Phi) is 5.59. The topological polar surface area (TPSA) is 24.5 Å². The van der Waals surface area contributed by atoms with E-state index in [2.05, 4.69) is 10.1 Å². The van der Waals surface area contributed by atoms with Crippen LogP contribution in [0.1, 0.15) is 11.6 Å². The molecule has 0 radical (unpaired) electrons. The van der Waals surface area contributed by atoms with Crippen molar-refractivity contribution in [3.8, 4) is 5.75 Å². The molecule has 1 heterocycles. The maximum Gasteiger partial charge on any atom is 0.461 e. The summed E-state index contributed by atoms with van der Waals surface area (Å²) in [5.41, 5.74) is -0.618. The molecule has 0 aliphatic carbocycles. The van der Waals surface area contributed by atoms with Gasteiger partial charge < -0.3 is 10.1 Å². The Balaban J connectivity index is 2.40. The lowest BCUT2D eigenvalue weighted by molar-refractivity contribution is -0.254. The zero-order valence-electron chi connectivity index (χ0n) is 12.3. The molecule has 1 aromatic carbocycles. The average Bonchev–Trinajstić information content (AvgIpc) is 2.48. The van der Waals surface area contributed by atoms with Crippen LogP contribution >= 0.6 is 0 Å². The summed E-state index contributed by atoms with van der Waals surface area (Å²) in [5.74, 6) is -0.913. The Morgan fingerprint density at radius 2 is 1.58 bits per heavy atom. The second kappa shape index (κ2) is 7.14. The summed E-state index contributed by atoms with van der Waals surface area (Å²) >= 11 is 0. The highest BCUT2D eigenvalue weighted by Crippen LogP contribution is 2.43. The smallest absolute Gasteiger partial charge is 0.428 e. The maximum absolute atomic E-state index is 13.5. The first kappa shape index (κ1) is 18.8. The van der Waals surface area contributed by atoms with Gasteiger partial charge in [0, 0.05) is 31.7 Å². The minimum absolute atomic E-state index is 0.0315. The highest BCUT2D eigenvalue weighted by molar-refractivity contribution is 5.37. The molecule has 24 heavy (non-hydrogen) atoms. The number of nitrogens with zero attached hydrogens (tertiary/aromatic N) is 1. The third-order valence-corrected chi connectivity index (χ3v) is 3.54. The summed E-state index contributed by atoms with van der Waals surface area (Å²) in [7, 11) is 0. The van der Waals surface area contributed by atoms with Crippen LogP contribution in [0.25, 0.3) is 0 Å². The molecule has 2 rings (SSSR count). The predicted molar refractivity (Wildman–Crippen MR) is 71.3 cm³/mol. The van der Waals surface area contributed by atoms with Crippen molar-refractivity contribution < 1.29 is 35.5 Å². The first-order valence-corrected chi connectivity index (χ1v) is 7.08. The monoisotopic (exact) mass is 360 g/mol. The standard InChI is InChI=1S/C14H15F7N2O/c15-12(16)14(20,21)24-10-4-2-1-3-9(10)11(13(17,18)19)23-7-5-22-6-8-23/h1-4,11-12,22H,5-8H2/t11-/m0/s1. The molecule has 0 amide bonds. The van der Waals surface area contributed by atoms with E-state index in [1.165, 1.54) is 6.07 Å². The van der Waals surface area contributed by atoms with Crippen LogP contribution in [0.2, 0.25) is 0 Å². The number of benzene rings is 1. The van der Waals surface area contributed by atoms with Crippen LogP contribution in [0.15, 0.2) is 24.3 Å². The first-order chi connectivity index (χ1) is 11.1. The van der Waals surface area contributed by atoms with Crippen molar-refractivity contribution in [2.45, 2.75) is 24.8 Å². The molecule has 136 valence electrons. The Hall–Kier alpha value is -1.55. The van der Waals surface area contributed by atoms with Gasteiger partial charge in [0.05, 0.1) is 0 Å². The van der Waals surface area contributed by atoms with Crippen LogP contribution in [0.3, 0.4) is 0 Å². The third kappa shape index (κ3) is 4.29. The van der Waals surface area contributed by atoms with Gasteiger partial charge in [0.2, 0.25) is 0 Å². The van der Waals surface area contributed by atoms with Crippen LogP contribution < -0.4 is 10.1 Å². The van der Waals surface area contributed by atoms with E-state index in [1.54, 1.807) is 0 Å². The van der Waals surface area contributed by atoms with Gasteiger partial charge in [-0.2, -0.15) is 30.7 Å². The zero-order valence-corrected chi connectivity index (χ0v) is 12.3. The van der Waals surface area contributed by atoms with Crippen LogP contribution in [0, 0.1) is 0 Å². The summed E-state index contributed by atoms with van der Waals surface area (Å²) < 4.78 is 95.3. The van der Waals surface area contributed by atoms with Crippen LogP contribution in [-0.2, 0) is 0 Å². The lowest BCUT2D eigenvalue weighted by Crippen LogP contribution is -2.49. The molecule has 1 N–H and O–H groups in total. The molecule has 1 atom stereocenters. The minimum atomic E-state index is -4.88. The van der Waals surface area contributed by atoms with E-state index in [-0.39, 0.29) is 13.1 Å². The van der Waals surface area contributed by atoms with Gasteiger partial charge in [-0.1, -0.05) is 18.2 Å². The van der Waals surface area contributed by atoms with E-state index < -0.39 is 36.1 Å². The number of halogens is 7. The van der Waals surface area contributed by atoms with Crippen LogP contribution in [0.5, 0.6) is 5.75 Å². The van der Waals surface area contributed by atoms with E-state index in [1.807, 2.05) is 0 Å². The van der Waals surface area contributed by atoms with Crippen molar-refractivity contribution in [1.82, 2.24) is 10.2 Å². The fraction of sp³-hybridized carbons (Fsp3) is 0.571. The molecule has 3 nitrogen and oxygen atoms in total. The zero-order chi connectivity index (χ0) is 18.0. The molecular weight excluding hydrogens is 345 g/mol. The number of hydrogen-bond acceptors (Lipinski definition) is 3. The van der Waals surface area contributed by atoms with E-state index in [0.717, 1.165) is 23.1 Å². The molecule has 1 fully saturated rings. The third-order valence-electron chi connectivity index (χ3n) is 3.54.